The molecule has 1 saturated heterocycles. The van der Waals surface area contributed by atoms with Crippen molar-refractivity contribution in [2.45, 2.75) is 44.9 Å². The molecule has 4 atom stereocenters. The van der Waals surface area contributed by atoms with Crippen LogP contribution in [0.5, 0.6) is 0 Å². The van der Waals surface area contributed by atoms with Crippen molar-refractivity contribution in [2.24, 2.45) is 0 Å². The van der Waals surface area contributed by atoms with Crippen molar-refractivity contribution in [3.8, 4) is 0 Å². The number of carbonyl (C=O) groups excluding carboxylic acids is 3. The number of aliphatic hydroxyl groups is 1. The lowest BCUT2D eigenvalue weighted by Gasteiger charge is -2.28. The van der Waals surface area contributed by atoms with E-state index in [0.717, 1.165) is 16.7 Å². The van der Waals surface area contributed by atoms with Crippen LogP contribution < -0.4 is 0 Å². The van der Waals surface area contributed by atoms with E-state index >= 15 is 0 Å². The first-order valence-electron chi connectivity index (χ1n) is 12.3. The monoisotopic (exact) mass is 596 g/mol. The smallest absolute Gasteiger partial charge is 0.338 e. The van der Waals surface area contributed by atoms with Gasteiger partial charge in [-0.05, 0) is 57.2 Å². The maximum absolute atomic E-state index is 13.1. The molecule has 9 heteroatoms. The van der Waals surface area contributed by atoms with E-state index in [1.807, 2.05) is 20.8 Å². The average molecular weight is 597 g/mol. The zero-order chi connectivity index (χ0) is 28.2. The Hall–Kier alpha value is -3.53. The molecule has 0 bridgehead atoms. The van der Waals surface area contributed by atoms with Crippen LogP contribution in [0.25, 0.3) is 0 Å². The molecule has 0 aliphatic carbocycles. The van der Waals surface area contributed by atoms with Gasteiger partial charge in [-0.1, -0.05) is 69.0 Å². The number of esters is 3. The lowest BCUT2D eigenvalue weighted by Crippen LogP contribution is -2.49. The van der Waals surface area contributed by atoms with E-state index in [1.165, 1.54) is 0 Å². The molecule has 1 N–H and O–H groups in total. The Kier molecular flexibility index (Phi) is 8.84. The fourth-order valence-corrected chi connectivity index (χ4v) is 4.52. The molecule has 204 valence electrons. The van der Waals surface area contributed by atoms with Crippen molar-refractivity contribution in [1.29, 1.82) is 0 Å². The minimum Gasteiger partial charge on any atom is -0.459 e. The highest BCUT2D eigenvalue weighted by Gasteiger charge is 2.59. The Morgan fingerprint density at radius 1 is 0.744 bits per heavy atom. The number of hydrogen-bond acceptors (Lipinski definition) is 8. The fourth-order valence-electron chi connectivity index (χ4n) is 4.07. The third-order valence-corrected chi connectivity index (χ3v) is 7.18. The predicted octanol–water partition coefficient (Wildman–Crippen LogP) is 4.70. The van der Waals surface area contributed by atoms with Gasteiger partial charge in [0.05, 0.1) is 22.0 Å². The van der Waals surface area contributed by atoms with Crippen molar-refractivity contribution < 1.29 is 38.4 Å². The topological polar surface area (TPSA) is 108 Å². The predicted molar refractivity (Wildman–Crippen MR) is 146 cm³/mol. The van der Waals surface area contributed by atoms with Gasteiger partial charge in [0.2, 0.25) is 5.79 Å². The number of rotatable bonds is 8. The number of aryl methyl sites for hydroxylation is 3. The number of benzene rings is 3. The Balaban J connectivity index is 1.59. The van der Waals surface area contributed by atoms with E-state index in [0.29, 0.717) is 5.56 Å². The second kappa shape index (κ2) is 12.1. The summed E-state index contributed by atoms with van der Waals surface area (Å²) in [5.74, 6) is -4.14. The molecular formula is C30H29BrO8. The minimum absolute atomic E-state index is 0.174. The second-order valence-corrected chi connectivity index (χ2v) is 10.1. The molecule has 1 heterocycles. The van der Waals surface area contributed by atoms with Gasteiger partial charge in [0.25, 0.3) is 0 Å². The molecule has 0 aromatic heterocycles. The van der Waals surface area contributed by atoms with Crippen molar-refractivity contribution in [3.05, 3.63) is 106 Å². The number of alkyl halides is 1. The maximum Gasteiger partial charge on any atom is 0.338 e. The zero-order valence-corrected chi connectivity index (χ0v) is 23.3. The van der Waals surface area contributed by atoms with E-state index in [1.54, 1.807) is 72.8 Å². The Labute approximate surface area is 235 Å². The summed E-state index contributed by atoms with van der Waals surface area (Å²) >= 11 is 3.21. The van der Waals surface area contributed by atoms with Gasteiger partial charge in [-0.25, -0.2) is 14.4 Å². The van der Waals surface area contributed by atoms with Gasteiger partial charge in [0.15, 0.2) is 12.2 Å². The van der Waals surface area contributed by atoms with Gasteiger partial charge in [0.1, 0.15) is 12.7 Å². The van der Waals surface area contributed by atoms with E-state index in [2.05, 4.69) is 15.9 Å². The average Bonchev–Trinajstić information content (AvgIpc) is 3.19. The van der Waals surface area contributed by atoms with Crippen molar-refractivity contribution in [2.75, 3.05) is 11.9 Å². The number of ether oxygens (including phenoxy) is 4. The highest BCUT2D eigenvalue weighted by atomic mass is 79.9. The van der Waals surface area contributed by atoms with Crippen LogP contribution in [0.2, 0.25) is 0 Å². The molecule has 0 spiro atoms. The van der Waals surface area contributed by atoms with Crippen LogP contribution >= 0.6 is 15.9 Å². The molecule has 0 radical (unpaired) electrons. The molecule has 4 rings (SSSR count). The first kappa shape index (κ1) is 28.5. The van der Waals surface area contributed by atoms with Gasteiger partial charge in [-0.3, -0.25) is 0 Å². The van der Waals surface area contributed by atoms with E-state index in [-0.39, 0.29) is 23.1 Å². The number of halogens is 1. The Bertz CT molecular complexity index is 1320. The zero-order valence-electron chi connectivity index (χ0n) is 21.8. The van der Waals surface area contributed by atoms with Crippen LogP contribution in [0, 0.1) is 20.8 Å². The SMILES string of the molecule is Cc1ccc(C(=O)OC[C@H]2O[C@](O)(CBr)[C@H](OC(=O)c3ccc(C)cc3)[C@H]2OC(=O)c2ccc(C)cc2)cc1. The molecule has 1 fully saturated rings. The fraction of sp³-hybridized carbons (Fsp3) is 0.300. The molecule has 0 unspecified atom stereocenters. The standard InChI is InChI=1S/C30H29BrO8/c1-18-4-10-21(11-5-18)27(32)36-16-24-25(37-28(33)22-12-6-19(2)7-13-22)26(30(35,17-31)39-24)38-29(34)23-14-8-20(3)9-15-23/h4-15,24-26,35H,16-17H2,1-3H3/t24-,25+,26-,30-/m1/s1. The molecular weight excluding hydrogens is 568 g/mol. The molecule has 0 amide bonds. The molecule has 3 aromatic rings. The van der Waals surface area contributed by atoms with Crippen LogP contribution in [0.3, 0.4) is 0 Å². The Morgan fingerprint density at radius 3 is 1.59 bits per heavy atom. The summed E-state index contributed by atoms with van der Waals surface area (Å²) in [5, 5.41) is 11.1. The highest BCUT2D eigenvalue weighted by molar-refractivity contribution is 9.09. The maximum atomic E-state index is 13.1. The van der Waals surface area contributed by atoms with E-state index < -0.39 is 42.0 Å². The summed E-state index contributed by atoms with van der Waals surface area (Å²) in [5.41, 5.74) is 3.71. The first-order valence-corrected chi connectivity index (χ1v) is 13.5. The first-order chi connectivity index (χ1) is 18.6. The van der Waals surface area contributed by atoms with Gasteiger partial charge in [-0.2, -0.15) is 0 Å². The van der Waals surface area contributed by atoms with Crippen LogP contribution in [-0.4, -0.2) is 59.1 Å². The molecule has 0 saturated carbocycles. The van der Waals surface area contributed by atoms with Crippen LogP contribution in [-0.2, 0) is 18.9 Å². The van der Waals surface area contributed by atoms with Crippen molar-refractivity contribution in [3.63, 3.8) is 0 Å². The summed E-state index contributed by atoms with van der Waals surface area (Å²) in [6.45, 7) is 5.29. The molecule has 3 aromatic carbocycles. The normalized spacial score (nSPS) is 22.2. The summed E-state index contributed by atoms with van der Waals surface area (Å²) < 4.78 is 22.7. The van der Waals surface area contributed by atoms with Gasteiger partial charge < -0.3 is 24.1 Å². The van der Waals surface area contributed by atoms with Crippen LogP contribution in [0.15, 0.2) is 72.8 Å². The Morgan fingerprint density at radius 2 is 1.15 bits per heavy atom. The third-order valence-electron chi connectivity index (χ3n) is 6.37. The summed E-state index contributed by atoms with van der Waals surface area (Å²) in [4.78, 5) is 38.7. The largest absolute Gasteiger partial charge is 0.459 e. The third kappa shape index (κ3) is 6.73. The molecule has 1 aliphatic rings. The lowest BCUT2D eigenvalue weighted by atomic mass is 10.1. The van der Waals surface area contributed by atoms with E-state index in [9.17, 15) is 19.5 Å². The minimum atomic E-state index is -2.07. The number of carbonyl (C=O) groups is 3. The van der Waals surface area contributed by atoms with Crippen LogP contribution in [0.4, 0.5) is 0 Å². The lowest BCUT2D eigenvalue weighted by molar-refractivity contribution is -0.213. The van der Waals surface area contributed by atoms with E-state index in [4.69, 9.17) is 18.9 Å². The van der Waals surface area contributed by atoms with Crippen molar-refractivity contribution >= 4 is 33.8 Å². The summed E-state index contributed by atoms with van der Waals surface area (Å²) in [6, 6.07) is 20.2. The molecule has 1 aliphatic heterocycles. The number of hydrogen-bond donors (Lipinski definition) is 1. The summed E-state index contributed by atoms with van der Waals surface area (Å²) in [7, 11) is 0. The second-order valence-electron chi connectivity index (χ2n) is 9.53. The van der Waals surface area contributed by atoms with Gasteiger partial charge in [0, 0.05) is 0 Å². The van der Waals surface area contributed by atoms with Gasteiger partial charge in [-0.15, -0.1) is 0 Å². The van der Waals surface area contributed by atoms with Crippen LogP contribution in [0.1, 0.15) is 47.8 Å². The molecule has 8 nitrogen and oxygen atoms in total. The highest BCUT2D eigenvalue weighted by Crippen LogP contribution is 2.36. The quantitative estimate of drug-likeness (QED) is 0.226. The summed E-state index contributed by atoms with van der Waals surface area (Å²) in [6.07, 6.45) is -3.85. The van der Waals surface area contributed by atoms with Crippen molar-refractivity contribution in [1.82, 2.24) is 0 Å². The van der Waals surface area contributed by atoms with Gasteiger partial charge >= 0.3 is 17.9 Å². The molecule has 39 heavy (non-hydrogen) atoms.